The molecule has 0 spiro atoms. The van der Waals surface area contributed by atoms with E-state index in [1.54, 1.807) is 25.2 Å². The Morgan fingerprint density at radius 3 is 2.48 bits per heavy atom. The molecule has 3 rings (SSSR count). The normalized spacial score (nSPS) is 10.6. The zero-order valence-corrected chi connectivity index (χ0v) is 16.6. The molecule has 0 unspecified atom stereocenters. The van der Waals surface area contributed by atoms with Gasteiger partial charge in [0.05, 0.1) is 5.75 Å². The van der Waals surface area contributed by atoms with E-state index in [-0.39, 0.29) is 17.6 Å². The topological polar surface area (TPSA) is 58.2 Å². The minimum Gasteiger partial charge on any atom is -0.355 e. The number of thioether (sulfide) groups is 1. The molecular formula is C21H19ClN2O2S. The van der Waals surface area contributed by atoms with E-state index in [0.29, 0.717) is 16.3 Å². The van der Waals surface area contributed by atoms with Crippen LogP contribution in [0.25, 0.3) is 10.8 Å². The number of hydrogen-bond acceptors (Lipinski definition) is 3. The molecule has 0 atom stereocenters. The Bertz CT molecular complexity index is 1010. The summed E-state index contributed by atoms with van der Waals surface area (Å²) in [5.74, 6) is -0.0712. The summed E-state index contributed by atoms with van der Waals surface area (Å²) in [5.41, 5.74) is 1.92. The van der Waals surface area contributed by atoms with Gasteiger partial charge in [-0.2, -0.15) is 0 Å². The van der Waals surface area contributed by atoms with Crippen LogP contribution in [0.2, 0.25) is 5.02 Å². The second kappa shape index (κ2) is 8.46. The molecule has 0 aliphatic rings. The molecule has 6 heteroatoms. The van der Waals surface area contributed by atoms with E-state index in [1.165, 1.54) is 11.8 Å². The summed E-state index contributed by atoms with van der Waals surface area (Å²) in [4.78, 5) is 25.3. The third-order valence-corrected chi connectivity index (χ3v) is 5.63. The minimum atomic E-state index is -0.177. The van der Waals surface area contributed by atoms with Gasteiger partial charge in [0.25, 0.3) is 5.91 Å². The first-order valence-corrected chi connectivity index (χ1v) is 9.79. The fourth-order valence-corrected chi connectivity index (χ4v) is 4.11. The summed E-state index contributed by atoms with van der Waals surface area (Å²) in [7, 11) is 1.58. The second-order valence-corrected chi connectivity index (χ2v) is 7.41. The highest BCUT2D eigenvalue weighted by Crippen LogP contribution is 2.33. The van der Waals surface area contributed by atoms with Gasteiger partial charge < -0.3 is 10.6 Å². The number of rotatable bonds is 5. The van der Waals surface area contributed by atoms with Crippen LogP contribution in [0.15, 0.2) is 59.5 Å². The van der Waals surface area contributed by atoms with E-state index >= 15 is 0 Å². The third kappa shape index (κ3) is 4.26. The van der Waals surface area contributed by atoms with Crippen molar-refractivity contribution in [2.24, 2.45) is 0 Å². The van der Waals surface area contributed by atoms with E-state index in [1.807, 2.05) is 43.3 Å². The van der Waals surface area contributed by atoms with Gasteiger partial charge in [-0.1, -0.05) is 41.9 Å². The van der Waals surface area contributed by atoms with Crippen molar-refractivity contribution in [2.45, 2.75) is 11.8 Å². The fourth-order valence-electron chi connectivity index (χ4n) is 2.86. The zero-order chi connectivity index (χ0) is 19.4. The summed E-state index contributed by atoms with van der Waals surface area (Å²) in [6.07, 6.45) is 0. The van der Waals surface area contributed by atoms with Crippen LogP contribution in [-0.2, 0) is 4.79 Å². The molecule has 0 saturated carbocycles. The Hall–Kier alpha value is -2.50. The van der Waals surface area contributed by atoms with Crippen LogP contribution in [0.3, 0.4) is 0 Å². The molecule has 3 aromatic carbocycles. The molecule has 0 aromatic heterocycles. The van der Waals surface area contributed by atoms with Crippen molar-refractivity contribution in [2.75, 3.05) is 18.1 Å². The highest BCUT2D eigenvalue weighted by molar-refractivity contribution is 8.00. The van der Waals surface area contributed by atoms with Crippen molar-refractivity contribution in [1.82, 2.24) is 5.32 Å². The monoisotopic (exact) mass is 398 g/mol. The molecule has 0 aliphatic carbocycles. The Labute approximate surface area is 167 Å². The molecule has 3 aromatic rings. The first kappa shape index (κ1) is 19.3. The van der Waals surface area contributed by atoms with Gasteiger partial charge in [0.1, 0.15) is 0 Å². The lowest BCUT2D eigenvalue weighted by atomic mass is 10.1. The van der Waals surface area contributed by atoms with Crippen LogP contribution in [0, 0.1) is 6.92 Å². The molecule has 4 nitrogen and oxygen atoms in total. The Balaban J connectivity index is 1.74. The lowest BCUT2D eigenvalue weighted by molar-refractivity contribution is -0.113. The maximum absolute atomic E-state index is 12.4. The fraction of sp³-hybridized carbons (Fsp3) is 0.143. The van der Waals surface area contributed by atoms with Crippen LogP contribution in [0.5, 0.6) is 0 Å². The summed E-state index contributed by atoms with van der Waals surface area (Å²) in [5, 5.41) is 8.16. The zero-order valence-electron chi connectivity index (χ0n) is 15.0. The number of benzene rings is 3. The molecule has 0 heterocycles. The molecule has 0 bridgehead atoms. The second-order valence-electron chi connectivity index (χ2n) is 5.99. The first-order chi connectivity index (χ1) is 13.0. The molecule has 0 saturated heterocycles. The van der Waals surface area contributed by atoms with Gasteiger partial charge in [-0.3, -0.25) is 9.59 Å². The van der Waals surface area contributed by atoms with Crippen LogP contribution >= 0.6 is 23.4 Å². The smallest absolute Gasteiger partial charge is 0.251 e. The van der Waals surface area contributed by atoms with Gasteiger partial charge in [-0.05, 0) is 42.1 Å². The Morgan fingerprint density at radius 2 is 1.74 bits per heavy atom. The van der Waals surface area contributed by atoms with Gasteiger partial charge in [0, 0.05) is 33.6 Å². The lowest BCUT2D eigenvalue weighted by Crippen LogP contribution is -2.20. The SMILES string of the molecule is CNC(=O)c1cccc(NC(=O)CSc2cccc3cccc(Cl)c23)c1C. The molecule has 138 valence electrons. The average molecular weight is 399 g/mol. The van der Waals surface area contributed by atoms with Crippen molar-refractivity contribution >= 4 is 51.6 Å². The summed E-state index contributed by atoms with van der Waals surface area (Å²) in [6, 6.07) is 17.0. The molecule has 0 radical (unpaired) electrons. The average Bonchev–Trinajstić information content (AvgIpc) is 2.67. The van der Waals surface area contributed by atoms with Gasteiger partial charge in [0.2, 0.25) is 5.91 Å². The number of nitrogens with one attached hydrogen (secondary N) is 2. The number of hydrogen-bond donors (Lipinski definition) is 2. The largest absolute Gasteiger partial charge is 0.355 e. The molecule has 0 fully saturated rings. The summed E-state index contributed by atoms with van der Waals surface area (Å²) in [6.45, 7) is 1.82. The molecule has 27 heavy (non-hydrogen) atoms. The van der Waals surface area contributed by atoms with Crippen molar-refractivity contribution in [3.63, 3.8) is 0 Å². The predicted molar refractivity (Wildman–Crippen MR) is 113 cm³/mol. The van der Waals surface area contributed by atoms with Gasteiger partial charge in [0.15, 0.2) is 0 Å². The first-order valence-electron chi connectivity index (χ1n) is 8.43. The molecule has 2 N–H and O–H groups in total. The minimum absolute atomic E-state index is 0.138. The summed E-state index contributed by atoms with van der Waals surface area (Å²) >= 11 is 7.77. The molecular weight excluding hydrogens is 380 g/mol. The number of halogens is 1. The number of amides is 2. The van der Waals surface area contributed by atoms with E-state index in [9.17, 15) is 9.59 Å². The maximum atomic E-state index is 12.4. The van der Waals surface area contributed by atoms with Gasteiger partial charge >= 0.3 is 0 Å². The number of carbonyl (C=O) groups excluding carboxylic acids is 2. The number of fused-ring (bicyclic) bond motifs is 1. The number of anilines is 1. The van der Waals surface area contributed by atoms with Crippen molar-refractivity contribution in [3.05, 3.63) is 70.7 Å². The maximum Gasteiger partial charge on any atom is 0.251 e. The van der Waals surface area contributed by atoms with Crippen LogP contribution < -0.4 is 10.6 Å². The van der Waals surface area contributed by atoms with Crippen molar-refractivity contribution in [1.29, 1.82) is 0 Å². The Morgan fingerprint density at radius 1 is 1.04 bits per heavy atom. The Kier molecular flexibility index (Phi) is 6.04. The summed E-state index contributed by atoms with van der Waals surface area (Å²) < 4.78 is 0. The third-order valence-electron chi connectivity index (χ3n) is 4.25. The van der Waals surface area contributed by atoms with E-state index in [4.69, 9.17) is 11.6 Å². The van der Waals surface area contributed by atoms with Crippen molar-refractivity contribution in [3.8, 4) is 0 Å². The predicted octanol–water partition coefficient (Wildman–Crippen LogP) is 4.89. The van der Waals surface area contributed by atoms with Crippen LogP contribution in [-0.4, -0.2) is 24.6 Å². The van der Waals surface area contributed by atoms with E-state index < -0.39 is 0 Å². The molecule has 0 aliphatic heterocycles. The van der Waals surface area contributed by atoms with Crippen LogP contribution in [0.4, 0.5) is 5.69 Å². The van der Waals surface area contributed by atoms with Gasteiger partial charge in [-0.25, -0.2) is 0 Å². The standard InChI is InChI=1S/C21H19ClN2O2S/c1-13-15(21(26)23-2)8-5-10-17(13)24-19(25)12-27-18-11-4-7-14-6-3-9-16(22)20(14)18/h3-11H,12H2,1-2H3,(H,23,26)(H,24,25). The number of carbonyl (C=O) groups is 2. The molecule has 2 amide bonds. The highest BCUT2D eigenvalue weighted by atomic mass is 35.5. The van der Waals surface area contributed by atoms with Crippen LogP contribution in [0.1, 0.15) is 15.9 Å². The van der Waals surface area contributed by atoms with Crippen molar-refractivity contribution < 1.29 is 9.59 Å². The quantitative estimate of drug-likeness (QED) is 0.601. The highest BCUT2D eigenvalue weighted by Gasteiger charge is 2.13. The van der Waals surface area contributed by atoms with E-state index in [0.717, 1.165) is 21.2 Å². The lowest BCUT2D eigenvalue weighted by Gasteiger charge is -2.12. The van der Waals surface area contributed by atoms with Gasteiger partial charge in [-0.15, -0.1) is 11.8 Å². The van der Waals surface area contributed by atoms with E-state index in [2.05, 4.69) is 10.6 Å².